The van der Waals surface area contributed by atoms with E-state index in [1.807, 2.05) is 28.8 Å². The molecule has 4 atom stereocenters. The first kappa shape index (κ1) is 17.3. The smallest absolute Gasteiger partial charge is 0.230 e. The van der Waals surface area contributed by atoms with Crippen LogP contribution in [-0.4, -0.2) is 64.5 Å². The number of hydrogen-bond acceptors (Lipinski definition) is 4. The highest BCUT2D eigenvalue weighted by Crippen LogP contribution is 2.52. The van der Waals surface area contributed by atoms with Crippen LogP contribution in [0.15, 0.2) is 36.4 Å². The molecule has 7 heteroatoms. The topological polar surface area (TPSA) is 49.9 Å². The summed E-state index contributed by atoms with van der Waals surface area (Å²) in [6.07, 6.45) is 3.63. The van der Waals surface area contributed by atoms with Crippen LogP contribution in [0.3, 0.4) is 0 Å². The molecule has 0 N–H and O–H groups in total. The number of amides is 2. The van der Waals surface area contributed by atoms with E-state index < -0.39 is 17.4 Å². The van der Waals surface area contributed by atoms with Gasteiger partial charge in [0.25, 0.3) is 0 Å². The number of nitrogens with zero attached hydrogens (tertiary/aromatic N) is 2. The lowest BCUT2D eigenvalue weighted by Crippen LogP contribution is -2.48. The second-order valence-corrected chi connectivity index (χ2v) is 8.88. The molecule has 0 saturated carbocycles. The lowest BCUT2D eigenvalue weighted by atomic mass is 9.76. The number of rotatable bonds is 3. The van der Waals surface area contributed by atoms with Gasteiger partial charge in [-0.2, -0.15) is 11.8 Å². The number of benzene rings is 1. The third-order valence-corrected chi connectivity index (χ3v) is 7.02. The number of halogens is 1. The van der Waals surface area contributed by atoms with Gasteiger partial charge < -0.3 is 14.5 Å². The van der Waals surface area contributed by atoms with Crippen LogP contribution in [0.2, 0.25) is 0 Å². The van der Waals surface area contributed by atoms with Crippen LogP contribution in [0.25, 0.3) is 0 Å². The zero-order valence-corrected chi connectivity index (χ0v) is 15.7. The van der Waals surface area contributed by atoms with Crippen molar-refractivity contribution in [2.24, 2.45) is 11.8 Å². The molecule has 0 aliphatic carbocycles. The molecule has 5 rings (SSSR count). The molecule has 2 amide bonds. The van der Waals surface area contributed by atoms with Gasteiger partial charge in [-0.1, -0.05) is 24.3 Å². The molecule has 4 aliphatic heterocycles. The molecule has 0 unspecified atom stereocenters. The standard InChI is InChI=1S/C20H21FN2O3S/c21-14-3-1-13(2-4-14)11-23-12-20-6-5-15(26-20)16(17(20)19(23)25)18(24)22-7-9-27-10-8-22/h1-6,15-17H,7-12H2/t15-,16+,17-,20-/m0/s1. The van der Waals surface area contributed by atoms with Crippen molar-refractivity contribution in [2.45, 2.75) is 18.2 Å². The number of thioether (sulfide) groups is 1. The Morgan fingerprint density at radius 1 is 1.26 bits per heavy atom. The van der Waals surface area contributed by atoms with E-state index in [1.54, 1.807) is 17.0 Å². The summed E-state index contributed by atoms with van der Waals surface area (Å²) >= 11 is 1.85. The predicted octanol–water partition coefficient (Wildman–Crippen LogP) is 1.68. The van der Waals surface area contributed by atoms with Gasteiger partial charge >= 0.3 is 0 Å². The second kappa shape index (κ2) is 6.34. The average Bonchev–Trinajstić information content (AvgIpc) is 3.32. The summed E-state index contributed by atoms with van der Waals surface area (Å²) in [7, 11) is 0. The third-order valence-electron chi connectivity index (χ3n) is 6.07. The van der Waals surface area contributed by atoms with Gasteiger partial charge in [0.1, 0.15) is 11.4 Å². The maximum atomic E-state index is 13.2. The van der Waals surface area contributed by atoms with Crippen LogP contribution in [0.5, 0.6) is 0 Å². The van der Waals surface area contributed by atoms with Gasteiger partial charge in [-0.3, -0.25) is 9.59 Å². The molecule has 0 aromatic heterocycles. The highest BCUT2D eigenvalue weighted by atomic mass is 32.2. The van der Waals surface area contributed by atoms with Crippen molar-refractivity contribution in [3.63, 3.8) is 0 Å². The Morgan fingerprint density at radius 2 is 2.00 bits per heavy atom. The number of carbonyl (C=O) groups excluding carboxylic acids is 2. The van der Waals surface area contributed by atoms with Crippen LogP contribution in [0, 0.1) is 17.7 Å². The number of fused-ring (bicyclic) bond motifs is 1. The van der Waals surface area contributed by atoms with Crippen molar-refractivity contribution in [1.29, 1.82) is 0 Å². The van der Waals surface area contributed by atoms with E-state index in [0.717, 1.165) is 30.2 Å². The highest BCUT2D eigenvalue weighted by Gasteiger charge is 2.67. The second-order valence-electron chi connectivity index (χ2n) is 7.66. The van der Waals surface area contributed by atoms with Crippen LogP contribution < -0.4 is 0 Å². The highest BCUT2D eigenvalue weighted by molar-refractivity contribution is 7.99. The summed E-state index contributed by atoms with van der Waals surface area (Å²) in [5.74, 6) is 0.737. The molecule has 27 heavy (non-hydrogen) atoms. The zero-order valence-electron chi connectivity index (χ0n) is 14.8. The molecular weight excluding hydrogens is 367 g/mol. The Kier molecular flexibility index (Phi) is 4.05. The summed E-state index contributed by atoms with van der Waals surface area (Å²) in [5.41, 5.74) is 0.183. The van der Waals surface area contributed by atoms with Gasteiger partial charge in [-0.15, -0.1) is 0 Å². The Labute approximate surface area is 161 Å². The lowest BCUT2D eigenvalue weighted by molar-refractivity contribution is -0.143. The molecule has 0 radical (unpaired) electrons. The molecule has 3 fully saturated rings. The van der Waals surface area contributed by atoms with E-state index >= 15 is 0 Å². The van der Waals surface area contributed by atoms with Crippen LogP contribution in [0.1, 0.15) is 5.56 Å². The van der Waals surface area contributed by atoms with E-state index in [-0.39, 0.29) is 23.7 Å². The Hall–Kier alpha value is -1.86. The summed E-state index contributed by atoms with van der Waals surface area (Å²) < 4.78 is 19.3. The zero-order chi connectivity index (χ0) is 18.6. The van der Waals surface area contributed by atoms with Crippen LogP contribution in [-0.2, 0) is 20.9 Å². The fourth-order valence-corrected chi connectivity index (χ4v) is 5.70. The maximum Gasteiger partial charge on any atom is 0.230 e. The van der Waals surface area contributed by atoms with Crippen molar-refractivity contribution in [3.05, 3.63) is 47.8 Å². The first-order valence-electron chi connectivity index (χ1n) is 9.34. The number of ether oxygens (including phenoxy) is 1. The van der Waals surface area contributed by atoms with Crippen molar-refractivity contribution in [2.75, 3.05) is 31.1 Å². The normalized spacial score (nSPS) is 34.4. The van der Waals surface area contributed by atoms with Crippen LogP contribution >= 0.6 is 11.8 Å². The Balaban J connectivity index is 1.38. The van der Waals surface area contributed by atoms with Crippen molar-refractivity contribution in [3.8, 4) is 0 Å². The summed E-state index contributed by atoms with van der Waals surface area (Å²) in [5, 5.41) is 0. The van der Waals surface area contributed by atoms with E-state index in [2.05, 4.69) is 0 Å². The van der Waals surface area contributed by atoms with E-state index in [1.165, 1.54) is 12.1 Å². The van der Waals surface area contributed by atoms with Gasteiger partial charge in [0.15, 0.2) is 0 Å². The van der Waals surface area contributed by atoms with Crippen LogP contribution in [0.4, 0.5) is 4.39 Å². The maximum absolute atomic E-state index is 13.2. The summed E-state index contributed by atoms with van der Waals surface area (Å²) in [4.78, 5) is 30.0. The molecule has 142 valence electrons. The molecular formula is C20H21FN2O3S. The molecule has 2 bridgehead atoms. The molecule has 1 aromatic carbocycles. The third kappa shape index (κ3) is 2.70. The monoisotopic (exact) mass is 388 g/mol. The first-order chi connectivity index (χ1) is 13.1. The van der Waals surface area contributed by atoms with Crippen molar-refractivity contribution >= 4 is 23.6 Å². The molecule has 4 heterocycles. The van der Waals surface area contributed by atoms with E-state index in [0.29, 0.717) is 13.1 Å². The fraction of sp³-hybridized carbons (Fsp3) is 0.500. The average molecular weight is 388 g/mol. The fourth-order valence-electron chi connectivity index (χ4n) is 4.80. The van der Waals surface area contributed by atoms with E-state index in [4.69, 9.17) is 4.74 Å². The van der Waals surface area contributed by atoms with Gasteiger partial charge in [0, 0.05) is 31.1 Å². The molecule has 5 nitrogen and oxygen atoms in total. The number of carbonyl (C=O) groups is 2. The first-order valence-corrected chi connectivity index (χ1v) is 10.5. The molecule has 4 aliphatic rings. The predicted molar refractivity (Wildman–Crippen MR) is 99.4 cm³/mol. The minimum absolute atomic E-state index is 0.0316. The quantitative estimate of drug-likeness (QED) is 0.740. The number of likely N-dealkylation sites (tertiary alicyclic amines) is 1. The minimum Gasteiger partial charge on any atom is -0.360 e. The summed E-state index contributed by atoms with van der Waals surface area (Å²) in [6.45, 7) is 2.33. The summed E-state index contributed by atoms with van der Waals surface area (Å²) in [6, 6.07) is 6.18. The van der Waals surface area contributed by atoms with Gasteiger partial charge in [0.2, 0.25) is 11.8 Å². The van der Waals surface area contributed by atoms with Crippen molar-refractivity contribution < 1.29 is 18.7 Å². The number of hydrogen-bond donors (Lipinski definition) is 0. The van der Waals surface area contributed by atoms with E-state index in [9.17, 15) is 14.0 Å². The molecule has 1 aromatic rings. The van der Waals surface area contributed by atoms with Crippen molar-refractivity contribution in [1.82, 2.24) is 9.80 Å². The lowest BCUT2D eigenvalue weighted by Gasteiger charge is -2.32. The van der Waals surface area contributed by atoms with Gasteiger partial charge in [0.05, 0.1) is 24.5 Å². The SMILES string of the molecule is O=C([C@@H]1[C@@H]2C=C[C@@]3(CN(Cc4ccc(F)cc4)C(=O)[C@H]13)O2)N1CCSCC1. The molecule has 1 spiro atoms. The molecule has 3 saturated heterocycles. The van der Waals surface area contributed by atoms with Gasteiger partial charge in [-0.25, -0.2) is 4.39 Å². The Morgan fingerprint density at radius 3 is 2.74 bits per heavy atom. The minimum atomic E-state index is -0.688. The van der Waals surface area contributed by atoms with Gasteiger partial charge in [-0.05, 0) is 17.7 Å². The Bertz CT molecular complexity index is 808. The largest absolute Gasteiger partial charge is 0.360 e.